The number of rotatable bonds is 1. The van der Waals surface area contributed by atoms with Crippen LogP contribution in [0.15, 0.2) is 12.1 Å². The minimum Gasteiger partial charge on any atom is -0.479 e. The predicted octanol–water partition coefficient (Wildman–Crippen LogP) is 1.41. The van der Waals surface area contributed by atoms with E-state index in [1.807, 2.05) is 0 Å². The Balaban J connectivity index is 0. The van der Waals surface area contributed by atoms with Crippen LogP contribution in [-0.2, 0) is 4.79 Å². The molecule has 0 spiro atoms. The van der Waals surface area contributed by atoms with E-state index in [9.17, 15) is 4.39 Å². The van der Waals surface area contributed by atoms with Crippen LogP contribution in [0.3, 0.4) is 0 Å². The van der Waals surface area contributed by atoms with Crippen LogP contribution in [0.5, 0.6) is 0 Å². The van der Waals surface area contributed by atoms with Gasteiger partial charge in [0.2, 0.25) is 0 Å². The summed E-state index contributed by atoms with van der Waals surface area (Å²) in [6, 6.07) is 0. The zero-order chi connectivity index (χ0) is 6.99. The zero-order valence-electron chi connectivity index (χ0n) is 4.10. The maximum atomic E-state index is 10.5. The van der Waals surface area contributed by atoms with Gasteiger partial charge < -0.3 is 5.11 Å². The summed E-state index contributed by atoms with van der Waals surface area (Å²) in [6.45, 7) is 1.85. The van der Waals surface area contributed by atoms with Crippen LogP contribution >= 0.6 is 11.6 Å². The van der Waals surface area contributed by atoms with E-state index in [1.54, 1.807) is 0 Å². The first kappa shape index (κ1) is 10.4. The van der Waals surface area contributed by atoms with Crippen molar-refractivity contribution in [3.05, 3.63) is 12.1 Å². The molecule has 2 nitrogen and oxygen atoms in total. The van der Waals surface area contributed by atoms with Crippen LogP contribution in [0.2, 0.25) is 0 Å². The molecule has 1 N–H and O–H groups in total. The van der Waals surface area contributed by atoms with Gasteiger partial charge >= 0.3 is 5.97 Å². The van der Waals surface area contributed by atoms with E-state index in [-0.39, 0.29) is 0 Å². The summed E-state index contributed by atoms with van der Waals surface area (Å²) in [5.74, 6) is -1.41. The third-order valence-electron chi connectivity index (χ3n) is 0.114. The van der Waals surface area contributed by atoms with Gasteiger partial charge in [-0.25, -0.2) is 9.18 Å². The molecule has 0 saturated carbocycles. The molecule has 0 rings (SSSR count). The molecule has 0 aromatic rings. The van der Waals surface area contributed by atoms with E-state index < -0.39 is 12.6 Å². The second-order valence-electron chi connectivity index (χ2n) is 0.682. The monoisotopic (exact) mass is 140 g/mol. The van der Waals surface area contributed by atoms with Crippen molar-refractivity contribution >= 4 is 17.6 Å². The molecule has 8 heavy (non-hydrogen) atoms. The van der Waals surface area contributed by atoms with Crippen LogP contribution in [0.1, 0.15) is 0 Å². The highest BCUT2D eigenvalue weighted by molar-refractivity contribution is 6.25. The summed E-state index contributed by atoms with van der Waals surface area (Å²) >= 11 is 4.76. The summed E-state index contributed by atoms with van der Waals surface area (Å²) < 4.78 is 10.5. The van der Waals surface area contributed by atoms with Gasteiger partial charge in [0, 0.05) is 0 Å². The Bertz CT molecular complexity index is 74.4. The molecule has 0 heterocycles. The van der Waals surface area contributed by atoms with Crippen molar-refractivity contribution in [2.75, 3.05) is 6.67 Å². The van der Waals surface area contributed by atoms with Gasteiger partial charge in [0.25, 0.3) is 0 Å². The lowest BCUT2D eigenvalue weighted by molar-refractivity contribution is -0.137. The molecule has 0 aliphatic rings. The molecule has 0 fully saturated rings. The van der Waals surface area contributed by atoms with E-state index in [2.05, 4.69) is 6.58 Å². The van der Waals surface area contributed by atoms with Crippen LogP contribution < -0.4 is 0 Å². The van der Waals surface area contributed by atoms with E-state index in [4.69, 9.17) is 21.5 Å². The SMILES string of the molecule is C=CCl.O=C(O)CF. The Hall–Kier alpha value is -0.570. The number of aliphatic carboxylic acids is 1. The van der Waals surface area contributed by atoms with Gasteiger partial charge in [-0.15, -0.1) is 0 Å². The Morgan fingerprint density at radius 2 is 2.12 bits per heavy atom. The van der Waals surface area contributed by atoms with Gasteiger partial charge in [-0.3, -0.25) is 0 Å². The van der Waals surface area contributed by atoms with Crippen molar-refractivity contribution in [1.29, 1.82) is 0 Å². The highest BCUT2D eigenvalue weighted by atomic mass is 35.5. The molecule has 0 saturated heterocycles. The second-order valence-corrected chi connectivity index (χ2v) is 0.990. The topological polar surface area (TPSA) is 37.3 Å². The molecular formula is C4H6ClFO2. The van der Waals surface area contributed by atoms with Gasteiger partial charge in [-0.2, -0.15) is 0 Å². The summed E-state index contributed by atoms with van der Waals surface area (Å²) in [4.78, 5) is 8.99. The van der Waals surface area contributed by atoms with Crippen molar-refractivity contribution in [3.63, 3.8) is 0 Å². The van der Waals surface area contributed by atoms with Gasteiger partial charge in [0.15, 0.2) is 6.67 Å². The Labute approximate surface area is 51.6 Å². The van der Waals surface area contributed by atoms with E-state index >= 15 is 0 Å². The van der Waals surface area contributed by atoms with Crippen LogP contribution in [0.25, 0.3) is 0 Å². The maximum absolute atomic E-state index is 10.5. The largest absolute Gasteiger partial charge is 0.479 e. The number of carboxylic acids is 1. The lowest BCUT2D eigenvalue weighted by atomic mass is 10.8. The summed E-state index contributed by atoms with van der Waals surface area (Å²) in [5, 5.41) is 7.35. The molecule has 0 aromatic carbocycles. The molecule has 4 heteroatoms. The number of hydrogen-bond acceptors (Lipinski definition) is 1. The van der Waals surface area contributed by atoms with Crippen LogP contribution in [0, 0.1) is 0 Å². The quantitative estimate of drug-likeness (QED) is 0.598. The summed E-state index contributed by atoms with van der Waals surface area (Å²) in [6.07, 6.45) is 0. The van der Waals surface area contributed by atoms with Crippen molar-refractivity contribution in [2.24, 2.45) is 0 Å². The second kappa shape index (κ2) is 9.66. The fourth-order valence-electron chi connectivity index (χ4n) is 0. The number of carboxylic acid groups (broad SMARTS) is 1. The standard InChI is InChI=1S/C2H3Cl.C2H3FO2/c1-2-3;3-1-2(4)5/h2H,1H2;1H2,(H,4,5). The van der Waals surface area contributed by atoms with Gasteiger partial charge in [-0.05, 0) is 5.54 Å². The molecule has 48 valence electrons. The van der Waals surface area contributed by atoms with Crippen molar-refractivity contribution < 1.29 is 14.3 Å². The van der Waals surface area contributed by atoms with Gasteiger partial charge in [0.1, 0.15) is 0 Å². The van der Waals surface area contributed by atoms with Crippen molar-refractivity contribution in [3.8, 4) is 0 Å². The van der Waals surface area contributed by atoms with Crippen molar-refractivity contribution in [2.45, 2.75) is 0 Å². The van der Waals surface area contributed by atoms with E-state index in [1.165, 1.54) is 5.54 Å². The summed E-state index contributed by atoms with van der Waals surface area (Å²) in [5.41, 5.74) is 1.22. The summed E-state index contributed by atoms with van der Waals surface area (Å²) in [7, 11) is 0. The fraction of sp³-hybridized carbons (Fsp3) is 0.250. The third kappa shape index (κ3) is 52.1. The molecule has 0 aliphatic heterocycles. The normalized spacial score (nSPS) is 6.25. The third-order valence-corrected chi connectivity index (χ3v) is 0.114. The van der Waals surface area contributed by atoms with E-state index in [0.29, 0.717) is 0 Å². The molecular weight excluding hydrogens is 134 g/mol. The number of alkyl halides is 1. The number of carbonyl (C=O) groups is 1. The molecule has 0 radical (unpaired) electrons. The average Bonchev–Trinajstić information content (AvgIpc) is 1.69. The first-order valence-electron chi connectivity index (χ1n) is 1.68. The van der Waals surface area contributed by atoms with Crippen molar-refractivity contribution in [1.82, 2.24) is 0 Å². The smallest absolute Gasteiger partial charge is 0.335 e. The fourth-order valence-corrected chi connectivity index (χ4v) is 0. The molecule has 0 unspecified atom stereocenters. The van der Waals surface area contributed by atoms with E-state index in [0.717, 1.165) is 0 Å². The molecule has 0 aliphatic carbocycles. The zero-order valence-corrected chi connectivity index (χ0v) is 4.86. The minimum absolute atomic E-state index is 1.22. The Kier molecular flexibility index (Phi) is 12.6. The van der Waals surface area contributed by atoms with Gasteiger partial charge in [0.05, 0.1) is 0 Å². The minimum atomic E-state index is -1.41. The lowest BCUT2D eigenvalue weighted by Crippen LogP contribution is -1.93. The van der Waals surface area contributed by atoms with Crippen LogP contribution in [0.4, 0.5) is 4.39 Å². The molecule has 0 atom stereocenters. The Morgan fingerprint density at radius 1 is 2.00 bits per heavy atom. The first-order chi connectivity index (χ1) is 3.68. The predicted molar refractivity (Wildman–Crippen MR) is 29.7 cm³/mol. The number of hydrogen-bond donors (Lipinski definition) is 1. The van der Waals surface area contributed by atoms with Gasteiger partial charge in [-0.1, -0.05) is 18.2 Å². The van der Waals surface area contributed by atoms with Crippen LogP contribution in [-0.4, -0.2) is 17.8 Å². The molecule has 0 amide bonds. The average molecular weight is 141 g/mol. The first-order valence-corrected chi connectivity index (χ1v) is 2.11. The lowest BCUT2D eigenvalue weighted by Gasteiger charge is -1.69. The highest BCUT2D eigenvalue weighted by Gasteiger charge is 1.85. The Morgan fingerprint density at radius 3 is 2.12 bits per heavy atom. The molecule has 0 bridgehead atoms. The molecule has 0 aromatic heterocycles. The maximum Gasteiger partial charge on any atom is 0.335 e. The number of halogens is 2. The highest BCUT2D eigenvalue weighted by Crippen LogP contribution is 1.60.